The average molecular weight is 837 g/mol. The van der Waals surface area contributed by atoms with Crippen LogP contribution in [0.1, 0.15) is 106 Å². The van der Waals surface area contributed by atoms with E-state index < -0.39 is 29.6 Å². The first-order chi connectivity index (χ1) is 27.9. The lowest BCUT2D eigenvalue weighted by atomic mass is 9.83. The number of ketones is 1. The fourth-order valence-electron chi connectivity index (χ4n) is 6.19. The van der Waals surface area contributed by atoms with Crippen molar-refractivity contribution in [1.82, 2.24) is 20.9 Å². The molecule has 4 atom stereocenters. The van der Waals surface area contributed by atoms with E-state index >= 15 is 0 Å². The molecule has 0 fully saturated rings. The number of cyclic esters (lactones) is 1. The van der Waals surface area contributed by atoms with Gasteiger partial charge in [0, 0.05) is 86.1 Å². The maximum Gasteiger partial charge on any atom is 0.407 e. The number of amides is 4. The van der Waals surface area contributed by atoms with Crippen molar-refractivity contribution in [3.8, 4) is 0 Å². The predicted octanol–water partition coefficient (Wildman–Crippen LogP) is 7.99. The van der Waals surface area contributed by atoms with Crippen LogP contribution in [0.3, 0.4) is 0 Å². The van der Waals surface area contributed by atoms with Gasteiger partial charge in [-0.05, 0) is 51.5 Å². The van der Waals surface area contributed by atoms with Crippen LogP contribution in [0.15, 0.2) is 95.3 Å². The summed E-state index contributed by atoms with van der Waals surface area (Å²) in [6.07, 6.45) is 22.3. The fraction of sp³-hybridized carbons (Fsp3) is 0.522. The highest BCUT2D eigenvalue weighted by Gasteiger charge is 2.31. The van der Waals surface area contributed by atoms with Crippen LogP contribution < -0.4 is 16.0 Å². The minimum atomic E-state index is -0.743. The van der Waals surface area contributed by atoms with Gasteiger partial charge >= 0.3 is 12.1 Å². The van der Waals surface area contributed by atoms with Gasteiger partial charge in [-0.15, -0.1) is 0 Å². The van der Waals surface area contributed by atoms with E-state index in [-0.39, 0.29) is 42.0 Å². The van der Waals surface area contributed by atoms with Gasteiger partial charge in [0.15, 0.2) is 5.78 Å². The van der Waals surface area contributed by atoms with Crippen LogP contribution in [-0.4, -0.2) is 78.4 Å². The van der Waals surface area contributed by atoms with Gasteiger partial charge in [-0.3, -0.25) is 19.2 Å². The number of hydrogen-bond acceptors (Lipinski definition) is 8. The van der Waals surface area contributed by atoms with E-state index in [1.807, 2.05) is 52.8 Å². The van der Waals surface area contributed by atoms with Crippen LogP contribution in [0.2, 0.25) is 0 Å². The molecule has 0 saturated carbocycles. The number of nitrogens with one attached hydrogen (secondary N) is 3. The summed E-state index contributed by atoms with van der Waals surface area (Å²) >= 11 is 6.04. The Morgan fingerprint density at radius 2 is 1.71 bits per heavy atom. The molecule has 12 nitrogen and oxygen atoms in total. The van der Waals surface area contributed by atoms with Crippen LogP contribution in [-0.2, 0) is 33.4 Å². The lowest BCUT2D eigenvalue weighted by Gasteiger charge is -2.29. The van der Waals surface area contributed by atoms with Crippen LogP contribution in [0.4, 0.5) is 4.79 Å². The highest BCUT2D eigenvalue weighted by molar-refractivity contribution is 6.29. The predicted molar refractivity (Wildman–Crippen MR) is 233 cm³/mol. The van der Waals surface area contributed by atoms with E-state index in [4.69, 9.17) is 21.1 Å². The van der Waals surface area contributed by atoms with Crippen LogP contribution >= 0.6 is 11.6 Å². The molecule has 2 heterocycles. The minimum Gasteiger partial charge on any atom is -0.458 e. The van der Waals surface area contributed by atoms with Crippen molar-refractivity contribution < 1.29 is 38.2 Å². The third-order valence-electron chi connectivity index (χ3n) is 9.62. The maximum absolute atomic E-state index is 13.3. The number of carbonyl (C=O) groups excluding carboxylic acids is 6. The molecule has 2 aliphatic rings. The molecule has 2 rings (SSSR count). The van der Waals surface area contributed by atoms with Crippen molar-refractivity contribution in [3.63, 3.8) is 0 Å². The van der Waals surface area contributed by atoms with Gasteiger partial charge in [0.05, 0.1) is 6.04 Å². The molecule has 0 radical (unpaired) electrons. The number of ether oxygens (including phenoxy) is 2. The Morgan fingerprint density at radius 1 is 1.00 bits per heavy atom. The van der Waals surface area contributed by atoms with E-state index in [1.54, 1.807) is 55.2 Å². The Labute approximate surface area is 356 Å². The monoisotopic (exact) mass is 836 g/mol. The van der Waals surface area contributed by atoms with Crippen molar-refractivity contribution in [1.29, 1.82) is 0 Å². The summed E-state index contributed by atoms with van der Waals surface area (Å²) in [6.45, 7) is 18.2. The average Bonchev–Trinajstić information content (AvgIpc) is 3.48. The van der Waals surface area contributed by atoms with Gasteiger partial charge in [-0.1, -0.05) is 106 Å². The molecule has 0 aromatic rings. The molecule has 0 aromatic heterocycles. The van der Waals surface area contributed by atoms with Crippen molar-refractivity contribution >= 4 is 47.2 Å². The number of Topliss-reactive ketones (excluding diaryl/α,β-unsaturated/α-hetero) is 1. The number of allylic oxidation sites excluding steroid dienone is 7. The number of nitrogens with zero attached hydrogens (tertiary/aromatic N) is 1. The van der Waals surface area contributed by atoms with Crippen molar-refractivity contribution in [2.45, 2.75) is 125 Å². The standard InChI is InChI=1S/C46H65ClN4O8/c1-32(31-34(3)39-26-22-33(2)44(56)59-39)17-11-14-21-41(54)50-43(46(6,7)8)38(52)19-13-12-18-37(25-23-35(4)47)58-45(57)49-29-16-28-48-40(53)20-10-9-15-30-51-36(5)24-27-42(51)55/h11-14,17,21-24,27,31,34,37,39,43H,5,9-10,15-16,18-20,25-26,28-30H2,1-4,6-8H3,(H,48,53)(H,49,57)(H,50,54)/b13-12-,17-11-,21-14-,32-31+,35-23+/t34-,37+,39-,43+/m0/s1. The van der Waals surface area contributed by atoms with E-state index in [0.29, 0.717) is 74.5 Å². The molecule has 0 bridgehead atoms. The first kappa shape index (κ1) is 50.2. The zero-order chi connectivity index (χ0) is 44.0. The Balaban J connectivity index is 1.75. The second-order valence-corrected chi connectivity index (χ2v) is 16.6. The molecule has 59 heavy (non-hydrogen) atoms. The molecule has 0 aliphatic carbocycles. The number of hydrogen-bond donors (Lipinski definition) is 3. The molecule has 3 N–H and O–H groups in total. The van der Waals surface area contributed by atoms with Gasteiger partial charge < -0.3 is 30.3 Å². The van der Waals surface area contributed by atoms with Crippen molar-refractivity contribution in [2.24, 2.45) is 11.3 Å². The first-order valence-electron chi connectivity index (χ1n) is 20.5. The summed E-state index contributed by atoms with van der Waals surface area (Å²) in [5.41, 5.74) is 1.73. The third-order valence-corrected chi connectivity index (χ3v) is 9.78. The Hall–Kier alpha value is -4.97. The lowest BCUT2D eigenvalue weighted by molar-refractivity contribution is -0.147. The number of halogens is 1. The molecule has 0 spiro atoms. The maximum atomic E-state index is 13.3. The second-order valence-electron chi connectivity index (χ2n) is 16.0. The van der Waals surface area contributed by atoms with Crippen molar-refractivity contribution in [2.75, 3.05) is 19.6 Å². The quantitative estimate of drug-likeness (QED) is 0.0290. The summed E-state index contributed by atoms with van der Waals surface area (Å²) in [4.78, 5) is 76.1. The number of alkyl carbamates (subject to hydrolysis) is 1. The highest BCUT2D eigenvalue weighted by Crippen LogP contribution is 2.23. The lowest BCUT2D eigenvalue weighted by Crippen LogP contribution is -2.48. The van der Waals surface area contributed by atoms with Gasteiger partial charge in [0.25, 0.3) is 5.91 Å². The third kappa shape index (κ3) is 20.5. The smallest absolute Gasteiger partial charge is 0.407 e. The zero-order valence-electron chi connectivity index (χ0n) is 35.9. The molecular formula is C46H65ClN4O8. The summed E-state index contributed by atoms with van der Waals surface area (Å²) in [5, 5.41) is 8.98. The van der Waals surface area contributed by atoms with Gasteiger partial charge in [-0.2, -0.15) is 0 Å². The second kappa shape index (κ2) is 26.2. The summed E-state index contributed by atoms with van der Waals surface area (Å²) in [6, 6.07) is -0.743. The van der Waals surface area contributed by atoms with Gasteiger partial charge in [0.2, 0.25) is 11.8 Å². The van der Waals surface area contributed by atoms with E-state index in [2.05, 4.69) is 22.5 Å². The van der Waals surface area contributed by atoms with E-state index in [0.717, 1.165) is 18.4 Å². The Morgan fingerprint density at radius 3 is 2.37 bits per heavy atom. The Bertz CT molecular complexity index is 1690. The first-order valence-corrected chi connectivity index (χ1v) is 20.9. The Kier molecular flexibility index (Phi) is 22.3. The number of carbonyl (C=O) groups is 6. The van der Waals surface area contributed by atoms with E-state index in [1.165, 1.54) is 12.2 Å². The zero-order valence-corrected chi connectivity index (χ0v) is 36.7. The normalized spacial score (nSPS) is 18.0. The molecule has 2 aliphatic heterocycles. The number of esters is 1. The largest absolute Gasteiger partial charge is 0.458 e. The van der Waals surface area contributed by atoms with Crippen LogP contribution in [0.25, 0.3) is 0 Å². The van der Waals surface area contributed by atoms with Crippen LogP contribution in [0.5, 0.6) is 0 Å². The van der Waals surface area contributed by atoms with Crippen molar-refractivity contribution in [3.05, 3.63) is 95.3 Å². The molecular weight excluding hydrogens is 772 g/mol. The fourth-order valence-corrected chi connectivity index (χ4v) is 6.28. The minimum absolute atomic E-state index is 0.0228. The molecule has 4 amide bonds. The molecule has 13 heteroatoms. The summed E-state index contributed by atoms with van der Waals surface area (Å²) in [5.74, 6) is -0.940. The molecule has 0 saturated heterocycles. The summed E-state index contributed by atoms with van der Waals surface area (Å²) < 4.78 is 11.1. The highest BCUT2D eigenvalue weighted by atomic mass is 35.5. The number of unbranched alkanes of at least 4 members (excludes halogenated alkanes) is 2. The van der Waals surface area contributed by atoms with E-state index in [9.17, 15) is 28.8 Å². The molecule has 324 valence electrons. The van der Waals surface area contributed by atoms with Gasteiger partial charge in [0.1, 0.15) is 12.2 Å². The number of rotatable bonds is 24. The molecule has 0 aromatic carbocycles. The summed E-state index contributed by atoms with van der Waals surface area (Å²) in [7, 11) is 0. The SMILES string of the molecule is C=C1C=CC(=O)N1CCCCCC(=O)NCCCNC(=O)O[C@H](C/C=C\CC(=O)[C@@H](NC(=O)\C=C/C=C\C(C)=C\[C@H](C)[C@@H]1CC=C(C)C(=O)O1)C(C)(C)C)C/C=C(\C)Cl. The van der Waals surface area contributed by atoms with Gasteiger partial charge in [-0.25, -0.2) is 9.59 Å². The topological polar surface area (TPSA) is 160 Å². The molecule has 0 unspecified atom stereocenters. The van der Waals surface area contributed by atoms with Crippen LogP contribution in [0, 0.1) is 11.3 Å².